The van der Waals surface area contributed by atoms with Crippen molar-refractivity contribution in [3.05, 3.63) is 42.0 Å². The smallest absolute Gasteiger partial charge is 0.406 e. The van der Waals surface area contributed by atoms with Crippen molar-refractivity contribution in [2.24, 2.45) is 0 Å². The molecule has 0 radical (unpaired) electrons. The lowest BCUT2D eigenvalue weighted by atomic mass is 9.91. The van der Waals surface area contributed by atoms with Crippen LogP contribution in [0, 0.1) is 0 Å². The van der Waals surface area contributed by atoms with Crippen LogP contribution in [0.4, 0.5) is 13.2 Å². The molecular weight excluding hydrogens is 299 g/mol. The highest BCUT2D eigenvalue weighted by Crippen LogP contribution is 2.23. The van der Waals surface area contributed by atoms with E-state index < -0.39 is 23.6 Å². The van der Waals surface area contributed by atoms with Crippen molar-refractivity contribution in [3.8, 4) is 5.75 Å². The molecule has 120 valence electrons. The first-order valence-corrected chi connectivity index (χ1v) is 6.82. The molecule has 1 aromatic rings. The van der Waals surface area contributed by atoms with Gasteiger partial charge in [0.2, 0.25) is 0 Å². The highest BCUT2D eigenvalue weighted by molar-refractivity contribution is 5.94. The zero-order chi connectivity index (χ0) is 16.2. The predicted molar refractivity (Wildman–Crippen MR) is 73.4 cm³/mol. The largest absolute Gasteiger partial charge is 0.573 e. The summed E-state index contributed by atoms with van der Waals surface area (Å²) in [6.45, 7) is 0.0587. The third-order valence-corrected chi connectivity index (χ3v) is 3.31. The van der Waals surface area contributed by atoms with Crippen LogP contribution in [-0.2, 0) is 0 Å². The van der Waals surface area contributed by atoms with Gasteiger partial charge in [0.15, 0.2) is 0 Å². The van der Waals surface area contributed by atoms with Crippen LogP contribution >= 0.6 is 0 Å². The minimum Gasteiger partial charge on any atom is -0.406 e. The van der Waals surface area contributed by atoms with E-state index in [4.69, 9.17) is 0 Å². The zero-order valence-corrected chi connectivity index (χ0v) is 11.7. The van der Waals surface area contributed by atoms with E-state index in [1.54, 1.807) is 6.08 Å². The fraction of sp³-hybridized carbons (Fsp3) is 0.400. The van der Waals surface area contributed by atoms with Gasteiger partial charge in [-0.2, -0.15) is 0 Å². The summed E-state index contributed by atoms with van der Waals surface area (Å²) in [5, 5.41) is 12.8. The van der Waals surface area contributed by atoms with Gasteiger partial charge in [0, 0.05) is 5.56 Å². The van der Waals surface area contributed by atoms with E-state index in [2.05, 4.69) is 10.1 Å². The molecule has 0 aliphatic heterocycles. The zero-order valence-electron chi connectivity index (χ0n) is 11.7. The molecule has 22 heavy (non-hydrogen) atoms. The molecule has 1 aliphatic carbocycles. The normalized spacial score (nSPS) is 21.5. The van der Waals surface area contributed by atoms with Gasteiger partial charge >= 0.3 is 6.36 Å². The number of hydrogen-bond acceptors (Lipinski definition) is 3. The van der Waals surface area contributed by atoms with Crippen molar-refractivity contribution < 1.29 is 27.8 Å². The molecule has 2 N–H and O–H groups in total. The first-order chi connectivity index (χ1) is 10.3. The molecule has 2 rings (SSSR count). The summed E-state index contributed by atoms with van der Waals surface area (Å²) in [6.07, 6.45) is 1.06. The van der Waals surface area contributed by atoms with Gasteiger partial charge in [-0.15, -0.1) is 13.2 Å². The maximum absolute atomic E-state index is 12.0. The summed E-state index contributed by atoms with van der Waals surface area (Å²) in [6, 6.07) is 4.60. The number of carbonyl (C=O) groups is 1. The highest BCUT2D eigenvalue weighted by Gasteiger charge is 2.31. The number of alkyl halides is 3. The monoisotopic (exact) mass is 315 g/mol. The minimum atomic E-state index is -4.76. The predicted octanol–water partition coefficient (Wildman–Crippen LogP) is 2.79. The van der Waals surface area contributed by atoms with Crippen LogP contribution in [0.5, 0.6) is 5.75 Å². The van der Waals surface area contributed by atoms with Gasteiger partial charge in [-0.1, -0.05) is 12.2 Å². The Morgan fingerprint density at radius 3 is 2.55 bits per heavy atom. The number of amides is 1. The Hall–Kier alpha value is -2.02. The fourth-order valence-electron chi connectivity index (χ4n) is 2.20. The maximum Gasteiger partial charge on any atom is 0.573 e. The van der Waals surface area contributed by atoms with Crippen LogP contribution in [0.1, 0.15) is 29.6 Å². The van der Waals surface area contributed by atoms with Crippen LogP contribution in [0.25, 0.3) is 0 Å². The lowest BCUT2D eigenvalue weighted by molar-refractivity contribution is -0.274. The molecule has 1 atom stereocenters. The summed E-state index contributed by atoms with van der Waals surface area (Å²) >= 11 is 0. The van der Waals surface area contributed by atoms with E-state index in [9.17, 15) is 23.1 Å². The van der Waals surface area contributed by atoms with Gasteiger partial charge < -0.3 is 15.2 Å². The van der Waals surface area contributed by atoms with Crippen LogP contribution in [0.15, 0.2) is 36.4 Å². The number of halogens is 3. The molecule has 0 heterocycles. The molecule has 0 saturated carbocycles. The van der Waals surface area contributed by atoms with Gasteiger partial charge in [-0.05, 0) is 43.5 Å². The van der Waals surface area contributed by atoms with E-state index in [-0.39, 0.29) is 12.1 Å². The molecule has 1 aromatic carbocycles. The number of hydrogen-bond donors (Lipinski definition) is 2. The van der Waals surface area contributed by atoms with Crippen molar-refractivity contribution in [2.45, 2.75) is 31.2 Å². The number of aliphatic hydroxyl groups is 1. The van der Waals surface area contributed by atoms with Crippen molar-refractivity contribution in [1.82, 2.24) is 5.32 Å². The van der Waals surface area contributed by atoms with Gasteiger partial charge in [-0.25, -0.2) is 0 Å². The Morgan fingerprint density at radius 1 is 1.32 bits per heavy atom. The second-order valence-corrected chi connectivity index (χ2v) is 5.15. The SMILES string of the molecule is O=C(NCC1(O)C=CCCC1)c1ccc(OC(F)(F)F)cc1. The number of ether oxygens (including phenoxy) is 1. The molecule has 0 saturated heterocycles. The second kappa shape index (κ2) is 6.39. The summed E-state index contributed by atoms with van der Waals surface area (Å²) in [5.41, 5.74) is -0.870. The average Bonchev–Trinajstić information content (AvgIpc) is 2.45. The number of carbonyl (C=O) groups excluding carboxylic acids is 1. The first kappa shape index (κ1) is 16.4. The van der Waals surface area contributed by atoms with Crippen molar-refractivity contribution in [3.63, 3.8) is 0 Å². The molecule has 1 unspecified atom stereocenters. The fourth-order valence-corrected chi connectivity index (χ4v) is 2.20. The van der Waals surface area contributed by atoms with E-state index in [1.807, 2.05) is 6.08 Å². The van der Waals surface area contributed by atoms with Crippen molar-refractivity contribution in [1.29, 1.82) is 0 Å². The molecular formula is C15H16F3NO3. The molecule has 1 aliphatic rings. The third kappa shape index (κ3) is 4.77. The van der Waals surface area contributed by atoms with Crippen LogP contribution in [0.3, 0.4) is 0 Å². The second-order valence-electron chi connectivity index (χ2n) is 5.15. The molecule has 1 amide bonds. The number of allylic oxidation sites excluding steroid dienone is 1. The molecule has 0 aromatic heterocycles. The Bertz CT molecular complexity index is 554. The van der Waals surface area contributed by atoms with Gasteiger partial charge in [0.1, 0.15) is 5.75 Å². The molecule has 7 heteroatoms. The van der Waals surface area contributed by atoms with Gasteiger partial charge in [0.25, 0.3) is 5.91 Å². The van der Waals surface area contributed by atoms with Crippen LogP contribution in [0.2, 0.25) is 0 Å². The van der Waals surface area contributed by atoms with Gasteiger partial charge in [0.05, 0.1) is 12.1 Å². The molecule has 0 spiro atoms. The van der Waals surface area contributed by atoms with E-state index in [0.29, 0.717) is 6.42 Å². The van der Waals surface area contributed by atoms with Gasteiger partial charge in [-0.3, -0.25) is 4.79 Å². The minimum absolute atomic E-state index is 0.0587. The van der Waals surface area contributed by atoms with Crippen LogP contribution in [-0.4, -0.2) is 29.5 Å². The first-order valence-electron chi connectivity index (χ1n) is 6.82. The quantitative estimate of drug-likeness (QED) is 0.840. The van der Waals surface area contributed by atoms with Crippen LogP contribution < -0.4 is 10.1 Å². The molecule has 0 bridgehead atoms. The van der Waals surface area contributed by atoms with Crippen molar-refractivity contribution >= 4 is 5.91 Å². The lowest BCUT2D eigenvalue weighted by Crippen LogP contribution is -2.42. The summed E-state index contributed by atoms with van der Waals surface area (Å²) < 4.78 is 39.8. The maximum atomic E-state index is 12.0. The number of benzene rings is 1. The Morgan fingerprint density at radius 2 is 2.00 bits per heavy atom. The summed E-state index contributed by atoms with van der Waals surface area (Å²) in [7, 11) is 0. The molecule has 4 nitrogen and oxygen atoms in total. The lowest BCUT2D eigenvalue weighted by Gasteiger charge is -2.27. The standard InChI is InChI=1S/C15H16F3NO3/c16-15(17,18)22-12-6-4-11(5-7-12)13(20)19-10-14(21)8-2-1-3-9-14/h2,4-8,21H,1,3,9-10H2,(H,19,20). The third-order valence-electron chi connectivity index (χ3n) is 3.31. The van der Waals surface area contributed by atoms with Crippen molar-refractivity contribution in [2.75, 3.05) is 6.54 Å². The van der Waals surface area contributed by atoms with E-state index in [1.165, 1.54) is 12.1 Å². The summed E-state index contributed by atoms with van der Waals surface area (Å²) in [4.78, 5) is 11.9. The van der Waals surface area contributed by atoms with E-state index >= 15 is 0 Å². The molecule has 0 fully saturated rings. The topological polar surface area (TPSA) is 58.6 Å². The number of rotatable bonds is 4. The highest BCUT2D eigenvalue weighted by atomic mass is 19.4. The van der Waals surface area contributed by atoms with E-state index in [0.717, 1.165) is 25.0 Å². The Kier molecular flexibility index (Phi) is 4.75. The number of nitrogens with one attached hydrogen (secondary N) is 1. The Balaban J connectivity index is 1.92. The summed E-state index contributed by atoms with van der Waals surface area (Å²) in [5.74, 6) is -0.858. The average molecular weight is 315 g/mol. The Labute approximate surface area is 125 Å².